The van der Waals surface area contributed by atoms with Crippen LogP contribution in [0.5, 0.6) is 0 Å². The van der Waals surface area contributed by atoms with Gasteiger partial charge in [0.15, 0.2) is 0 Å². The summed E-state index contributed by atoms with van der Waals surface area (Å²) in [5.41, 5.74) is 4.61. The summed E-state index contributed by atoms with van der Waals surface area (Å²) in [5.74, 6) is 0.161. The fraction of sp³-hybridized carbons (Fsp3) is 0.462. The number of rotatable bonds is 2. The number of fused-ring (bicyclic) bond motifs is 1. The third-order valence-electron chi connectivity index (χ3n) is 3.21. The van der Waals surface area contributed by atoms with Crippen molar-refractivity contribution in [2.45, 2.75) is 26.8 Å². The first kappa shape index (κ1) is 11.1. The van der Waals surface area contributed by atoms with E-state index in [1.807, 2.05) is 18.9 Å². The lowest BCUT2D eigenvalue weighted by molar-refractivity contribution is -0.119. The minimum absolute atomic E-state index is 0.161. The molecule has 0 saturated heterocycles. The maximum atomic E-state index is 12.2. The van der Waals surface area contributed by atoms with Crippen molar-refractivity contribution in [3.05, 3.63) is 28.8 Å². The van der Waals surface area contributed by atoms with Crippen LogP contribution in [-0.2, 0) is 4.79 Å². The predicted molar refractivity (Wildman–Crippen MR) is 65.7 cm³/mol. The second-order valence-corrected chi connectivity index (χ2v) is 4.32. The van der Waals surface area contributed by atoms with E-state index in [1.54, 1.807) is 0 Å². The van der Waals surface area contributed by atoms with E-state index in [0.29, 0.717) is 0 Å². The van der Waals surface area contributed by atoms with Gasteiger partial charge in [0.2, 0.25) is 5.91 Å². The molecular weight excluding hydrogens is 200 g/mol. The molecule has 1 atom stereocenters. The number of nitrogens with zero attached hydrogens (tertiary/aromatic N) is 1. The first-order valence-corrected chi connectivity index (χ1v) is 5.70. The molecule has 1 aromatic carbocycles. The largest absolute Gasteiger partial charge is 0.311 e. The zero-order valence-corrected chi connectivity index (χ0v) is 10.3. The van der Waals surface area contributed by atoms with E-state index in [9.17, 15) is 4.79 Å². The molecule has 1 N–H and O–H groups in total. The standard InChI is InChI=1S/C13H18N2O/c1-5-15-10-7-8(2)6-9(3)11(10)12(14-4)13(15)16/h6-7,12,14H,5H2,1-4H3. The summed E-state index contributed by atoms with van der Waals surface area (Å²) < 4.78 is 0. The highest BCUT2D eigenvalue weighted by Gasteiger charge is 2.36. The molecule has 0 spiro atoms. The molecule has 0 saturated carbocycles. The molecular formula is C13H18N2O. The molecule has 0 aromatic heterocycles. The lowest BCUT2D eigenvalue weighted by Crippen LogP contribution is -2.33. The van der Waals surface area contributed by atoms with E-state index in [0.717, 1.165) is 17.8 Å². The van der Waals surface area contributed by atoms with E-state index < -0.39 is 0 Å². The van der Waals surface area contributed by atoms with Gasteiger partial charge in [0.25, 0.3) is 0 Å². The van der Waals surface area contributed by atoms with Gasteiger partial charge in [-0.15, -0.1) is 0 Å². The van der Waals surface area contributed by atoms with E-state index >= 15 is 0 Å². The van der Waals surface area contributed by atoms with Crippen molar-refractivity contribution in [1.82, 2.24) is 5.32 Å². The summed E-state index contributed by atoms with van der Waals surface area (Å²) in [6.45, 7) is 6.88. The van der Waals surface area contributed by atoms with Crippen LogP contribution in [0.15, 0.2) is 12.1 Å². The Bertz CT molecular complexity index is 440. The monoisotopic (exact) mass is 218 g/mol. The van der Waals surface area contributed by atoms with Crippen LogP contribution in [0, 0.1) is 13.8 Å². The van der Waals surface area contributed by atoms with Crippen molar-refractivity contribution < 1.29 is 4.79 Å². The molecule has 1 aromatic rings. The molecule has 0 bridgehead atoms. The Kier molecular flexibility index (Phi) is 2.72. The highest BCUT2D eigenvalue weighted by Crippen LogP contribution is 2.38. The summed E-state index contributed by atoms with van der Waals surface area (Å²) in [7, 11) is 1.84. The molecule has 16 heavy (non-hydrogen) atoms. The zero-order chi connectivity index (χ0) is 11.9. The Hall–Kier alpha value is -1.35. The number of amides is 1. The van der Waals surface area contributed by atoms with Gasteiger partial charge in [-0.25, -0.2) is 0 Å². The molecule has 1 heterocycles. The highest BCUT2D eigenvalue weighted by molar-refractivity contribution is 6.05. The minimum Gasteiger partial charge on any atom is -0.311 e. The molecule has 3 heteroatoms. The van der Waals surface area contributed by atoms with Crippen LogP contribution in [0.25, 0.3) is 0 Å². The summed E-state index contributed by atoms with van der Waals surface area (Å²) in [5, 5.41) is 3.10. The summed E-state index contributed by atoms with van der Waals surface area (Å²) in [6, 6.07) is 4.06. The number of hydrogen-bond donors (Lipinski definition) is 1. The topological polar surface area (TPSA) is 32.3 Å². The molecule has 2 rings (SSSR count). The van der Waals surface area contributed by atoms with Crippen molar-refractivity contribution >= 4 is 11.6 Å². The van der Waals surface area contributed by atoms with Gasteiger partial charge in [-0.3, -0.25) is 4.79 Å². The number of nitrogens with one attached hydrogen (secondary N) is 1. The normalized spacial score (nSPS) is 19.1. The third-order valence-corrected chi connectivity index (χ3v) is 3.21. The van der Waals surface area contributed by atoms with E-state index in [4.69, 9.17) is 0 Å². The predicted octanol–water partition coefficient (Wildman–Crippen LogP) is 1.93. The van der Waals surface area contributed by atoms with Crippen molar-refractivity contribution in [2.24, 2.45) is 0 Å². The second kappa shape index (κ2) is 3.91. The second-order valence-electron chi connectivity index (χ2n) is 4.32. The van der Waals surface area contributed by atoms with Crippen LogP contribution < -0.4 is 10.2 Å². The number of likely N-dealkylation sites (N-methyl/N-ethyl adjacent to an activating group) is 2. The Morgan fingerprint density at radius 1 is 1.38 bits per heavy atom. The number of carbonyl (C=O) groups is 1. The number of anilines is 1. The smallest absolute Gasteiger partial charge is 0.248 e. The van der Waals surface area contributed by atoms with E-state index in [1.165, 1.54) is 11.1 Å². The van der Waals surface area contributed by atoms with Gasteiger partial charge >= 0.3 is 0 Å². The lowest BCUT2D eigenvalue weighted by atomic mass is 10.00. The minimum atomic E-state index is -0.171. The first-order chi connectivity index (χ1) is 7.60. The zero-order valence-electron chi connectivity index (χ0n) is 10.3. The molecule has 1 amide bonds. The van der Waals surface area contributed by atoms with Gasteiger partial charge in [0.1, 0.15) is 6.04 Å². The van der Waals surface area contributed by atoms with Crippen molar-refractivity contribution in [3.8, 4) is 0 Å². The molecule has 86 valence electrons. The van der Waals surface area contributed by atoms with Gasteiger partial charge < -0.3 is 10.2 Å². The van der Waals surface area contributed by atoms with Gasteiger partial charge in [-0.1, -0.05) is 6.07 Å². The number of carbonyl (C=O) groups excluding carboxylic acids is 1. The van der Waals surface area contributed by atoms with Crippen LogP contribution in [0.4, 0.5) is 5.69 Å². The Labute approximate surface area is 96.5 Å². The van der Waals surface area contributed by atoms with Gasteiger partial charge in [-0.2, -0.15) is 0 Å². The average Bonchev–Trinajstić information content (AvgIpc) is 2.49. The summed E-state index contributed by atoms with van der Waals surface area (Å²) in [4.78, 5) is 14.0. The summed E-state index contributed by atoms with van der Waals surface area (Å²) in [6.07, 6.45) is 0. The molecule has 1 aliphatic heterocycles. The van der Waals surface area contributed by atoms with E-state index in [2.05, 4.69) is 31.3 Å². The highest BCUT2D eigenvalue weighted by atomic mass is 16.2. The van der Waals surface area contributed by atoms with Crippen molar-refractivity contribution in [1.29, 1.82) is 0 Å². The van der Waals surface area contributed by atoms with Crippen LogP contribution in [-0.4, -0.2) is 19.5 Å². The lowest BCUT2D eigenvalue weighted by Gasteiger charge is -2.15. The SMILES string of the molecule is CCN1C(=O)C(NC)c2c(C)cc(C)cc21. The number of benzene rings is 1. The molecule has 0 radical (unpaired) electrons. The van der Waals surface area contributed by atoms with Gasteiger partial charge in [0, 0.05) is 17.8 Å². The van der Waals surface area contributed by atoms with E-state index in [-0.39, 0.29) is 11.9 Å². The van der Waals surface area contributed by atoms with Crippen LogP contribution in [0.1, 0.15) is 29.7 Å². The molecule has 0 aliphatic carbocycles. The Morgan fingerprint density at radius 2 is 2.06 bits per heavy atom. The number of aryl methyl sites for hydroxylation is 2. The fourth-order valence-electron chi connectivity index (χ4n) is 2.55. The molecule has 0 fully saturated rings. The van der Waals surface area contributed by atoms with Crippen LogP contribution in [0.3, 0.4) is 0 Å². The van der Waals surface area contributed by atoms with Gasteiger partial charge in [-0.05, 0) is 45.0 Å². The van der Waals surface area contributed by atoms with Crippen molar-refractivity contribution in [2.75, 3.05) is 18.5 Å². The Morgan fingerprint density at radius 3 is 2.62 bits per heavy atom. The van der Waals surface area contributed by atoms with Crippen LogP contribution in [0.2, 0.25) is 0 Å². The molecule has 1 aliphatic rings. The average molecular weight is 218 g/mol. The first-order valence-electron chi connectivity index (χ1n) is 5.70. The summed E-state index contributed by atoms with van der Waals surface area (Å²) >= 11 is 0. The maximum absolute atomic E-state index is 12.2. The van der Waals surface area contributed by atoms with Crippen molar-refractivity contribution in [3.63, 3.8) is 0 Å². The van der Waals surface area contributed by atoms with Crippen LogP contribution >= 0.6 is 0 Å². The fourth-order valence-corrected chi connectivity index (χ4v) is 2.55. The Balaban J connectivity index is 2.63. The van der Waals surface area contributed by atoms with Gasteiger partial charge in [0.05, 0.1) is 0 Å². The molecule has 1 unspecified atom stereocenters. The quantitative estimate of drug-likeness (QED) is 0.822. The molecule has 3 nitrogen and oxygen atoms in total. The maximum Gasteiger partial charge on any atom is 0.248 e. The number of hydrogen-bond acceptors (Lipinski definition) is 2. The third kappa shape index (κ3) is 1.43.